The molecular formula is C30H33N5O2. The van der Waals surface area contributed by atoms with Gasteiger partial charge in [-0.15, -0.1) is 0 Å². The fourth-order valence-corrected chi connectivity index (χ4v) is 4.78. The highest BCUT2D eigenvalue weighted by molar-refractivity contribution is 6.06. The van der Waals surface area contributed by atoms with Gasteiger partial charge in [-0.05, 0) is 67.7 Å². The Morgan fingerprint density at radius 1 is 0.973 bits per heavy atom. The van der Waals surface area contributed by atoms with Crippen molar-refractivity contribution in [1.29, 1.82) is 0 Å². The molecule has 1 amide bonds. The molecule has 0 atom stereocenters. The number of ether oxygens (including phenoxy) is 1. The van der Waals surface area contributed by atoms with Crippen molar-refractivity contribution < 1.29 is 9.53 Å². The van der Waals surface area contributed by atoms with Crippen molar-refractivity contribution in [3.63, 3.8) is 0 Å². The summed E-state index contributed by atoms with van der Waals surface area (Å²) in [5, 5.41) is 4.97. The van der Waals surface area contributed by atoms with Gasteiger partial charge in [-0.3, -0.25) is 14.7 Å². The zero-order chi connectivity index (χ0) is 25.5. The molecule has 7 heteroatoms. The molecule has 1 fully saturated rings. The van der Waals surface area contributed by atoms with Crippen LogP contribution in [0.15, 0.2) is 79.1 Å². The summed E-state index contributed by atoms with van der Waals surface area (Å²) in [7, 11) is 0. The first kappa shape index (κ1) is 24.7. The van der Waals surface area contributed by atoms with E-state index >= 15 is 0 Å². The summed E-state index contributed by atoms with van der Waals surface area (Å²) in [6, 6.07) is 21.9. The number of carbonyl (C=O) groups is 1. The van der Waals surface area contributed by atoms with Crippen LogP contribution in [0.1, 0.15) is 23.8 Å². The summed E-state index contributed by atoms with van der Waals surface area (Å²) in [5.41, 5.74) is 3.43. The molecule has 0 spiro atoms. The maximum atomic E-state index is 13.2. The molecule has 2 aromatic carbocycles. The Bertz CT molecular complexity index is 1320. The highest BCUT2D eigenvalue weighted by Gasteiger charge is 2.18. The Morgan fingerprint density at radius 2 is 1.73 bits per heavy atom. The van der Waals surface area contributed by atoms with Crippen molar-refractivity contribution in [3.05, 3.63) is 84.8 Å². The van der Waals surface area contributed by atoms with Crippen molar-refractivity contribution in [1.82, 2.24) is 20.2 Å². The third-order valence-electron chi connectivity index (χ3n) is 6.75. The number of benzene rings is 2. The van der Waals surface area contributed by atoms with Gasteiger partial charge in [0, 0.05) is 61.8 Å². The average molecular weight is 496 g/mol. The molecule has 4 aromatic rings. The van der Waals surface area contributed by atoms with Crippen molar-refractivity contribution in [2.45, 2.75) is 13.3 Å². The van der Waals surface area contributed by atoms with E-state index in [4.69, 9.17) is 9.72 Å². The van der Waals surface area contributed by atoms with Crippen molar-refractivity contribution in [2.24, 2.45) is 0 Å². The van der Waals surface area contributed by atoms with Crippen LogP contribution < -0.4 is 15.0 Å². The van der Waals surface area contributed by atoms with E-state index in [1.807, 2.05) is 73.9 Å². The number of amides is 1. The number of nitrogens with zero attached hydrogens (tertiary/aromatic N) is 4. The Hall–Kier alpha value is -3.97. The molecule has 2 aromatic heterocycles. The van der Waals surface area contributed by atoms with E-state index in [1.165, 1.54) is 5.69 Å². The van der Waals surface area contributed by atoms with E-state index in [-0.39, 0.29) is 5.91 Å². The number of piperazine rings is 1. The van der Waals surface area contributed by atoms with Crippen LogP contribution in [0.3, 0.4) is 0 Å². The Morgan fingerprint density at radius 3 is 2.49 bits per heavy atom. The number of hydrogen-bond donors (Lipinski definition) is 1. The monoisotopic (exact) mass is 495 g/mol. The fraction of sp³-hybridized carbons (Fsp3) is 0.300. The highest BCUT2D eigenvalue weighted by Crippen LogP contribution is 2.26. The SMILES string of the molecule is CCOc1ccc(-c2cc3ccccc3c(C(=O)NCCCN3CCN(c4ccncc4)CC3)n2)cc1. The lowest BCUT2D eigenvalue weighted by Crippen LogP contribution is -2.47. The van der Waals surface area contributed by atoms with E-state index in [0.717, 1.165) is 66.9 Å². The van der Waals surface area contributed by atoms with Crippen LogP contribution in [-0.2, 0) is 0 Å². The number of hydrogen-bond acceptors (Lipinski definition) is 6. The Labute approximate surface area is 218 Å². The number of fused-ring (bicyclic) bond motifs is 1. The molecule has 37 heavy (non-hydrogen) atoms. The largest absolute Gasteiger partial charge is 0.494 e. The highest BCUT2D eigenvalue weighted by atomic mass is 16.5. The van der Waals surface area contributed by atoms with Gasteiger partial charge in [0.1, 0.15) is 11.4 Å². The third-order valence-corrected chi connectivity index (χ3v) is 6.75. The van der Waals surface area contributed by atoms with Crippen LogP contribution in [0.2, 0.25) is 0 Å². The molecule has 1 aliphatic rings. The summed E-state index contributed by atoms with van der Waals surface area (Å²) in [5.74, 6) is 0.690. The molecule has 190 valence electrons. The number of anilines is 1. The van der Waals surface area contributed by atoms with Gasteiger partial charge < -0.3 is 15.0 Å². The molecule has 1 aliphatic heterocycles. The minimum atomic E-state index is -0.133. The van der Waals surface area contributed by atoms with Gasteiger partial charge in [0.25, 0.3) is 5.91 Å². The normalized spacial score (nSPS) is 14.0. The summed E-state index contributed by atoms with van der Waals surface area (Å²) in [4.78, 5) is 27.0. The minimum Gasteiger partial charge on any atom is -0.494 e. The second kappa shape index (κ2) is 11.8. The molecule has 0 unspecified atom stereocenters. The first-order valence-electron chi connectivity index (χ1n) is 13.0. The molecule has 3 heterocycles. The van der Waals surface area contributed by atoms with E-state index in [1.54, 1.807) is 0 Å². The van der Waals surface area contributed by atoms with E-state index < -0.39 is 0 Å². The average Bonchev–Trinajstić information content (AvgIpc) is 2.96. The van der Waals surface area contributed by atoms with E-state index in [2.05, 4.69) is 32.2 Å². The molecular weight excluding hydrogens is 462 g/mol. The topological polar surface area (TPSA) is 70.6 Å². The predicted octanol–water partition coefficient (Wildman–Crippen LogP) is 4.64. The van der Waals surface area contributed by atoms with Gasteiger partial charge in [0.15, 0.2) is 0 Å². The van der Waals surface area contributed by atoms with Crippen LogP contribution >= 0.6 is 0 Å². The summed E-state index contributed by atoms with van der Waals surface area (Å²) in [6.45, 7) is 8.22. The third kappa shape index (κ3) is 6.06. The summed E-state index contributed by atoms with van der Waals surface area (Å²) >= 11 is 0. The van der Waals surface area contributed by atoms with E-state index in [9.17, 15) is 4.79 Å². The summed E-state index contributed by atoms with van der Waals surface area (Å²) in [6.07, 6.45) is 4.59. The summed E-state index contributed by atoms with van der Waals surface area (Å²) < 4.78 is 5.56. The molecule has 0 aliphatic carbocycles. The molecule has 7 nitrogen and oxygen atoms in total. The van der Waals surface area contributed by atoms with Crippen molar-refractivity contribution in [3.8, 4) is 17.0 Å². The van der Waals surface area contributed by atoms with Gasteiger partial charge in [-0.1, -0.05) is 24.3 Å². The second-order valence-electron chi connectivity index (χ2n) is 9.18. The number of rotatable bonds is 9. The van der Waals surface area contributed by atoms with Gasteiger partial charge in [0.05, 0.1) is 12.3 Å². The molecule has 1 saturated heterocycles. The maximum absolute atomic E-state index is 13.2. The first-order valence-corrected chi connectivity index (χ1v) is 13.0. The zero-order valence-electron chi connectivity index (χ0n) is 21.3. The maximum Gasteiger partial charge on any atom is 0.270 e. The number of aromatic nitrogens is 2. The smallest absolute Gasteiger partial charge is 0.270 e. The lowest BCUT2D eigenvalue weighted by atomic mass is 10.0. The van der Waals surface area contributed by atoms with Crippen molar-refractivity contribution >= 4 is 22.4 Å². The van der Waals surface area contributed by atoms with E-state index in [0.29, 0.717) is 18.8 Å². The van der Waals surface area contributed by atoms with Crippen LogP contribution in [-0.4, -0.2) is 66.7 Å². The van der Waals surface area contributed by atoms with Gasteiger partial charge >= 0.3 is 0 Å². The first-order chi connectivity index (χ1) is 18.2. The van der Waals surface area contributed by atoms with Crippen LogP contribution in [0.4, 0.5) is 5.69 Å². The van der Waals surface area contributed by atoms with Crippen LogP contribution in [0.5, 0.6) is 5.75 Å². The number of pyridine rings is 2. The lowest BCUT2D eigenvalue weighted by Gasteiger charge is -2.36. The minimum absolute atomic E-state index is 0.133. The second-order valence-corrected chi connectivity index (χ2v) is 9.18. The van der Waals surface area contributed by atoms with Crippen LogP contribution in [0, 0.1) is 0 Å². The Kier molecular flexibility index (Phi) is 7.91. The molecule has 1 N–H and O–H groups in total. The number of nitrogens with one attached hydrogen (secondary N) is 1. The van der Waals surface area contributed by atoms with Gasteiger partial charge in [0.2, 0.25) is 0 Å². The van der Waals surface area contributed by atoms with Gasteiger partial charge in [-0.2, -0.15) is 0 Å². The fourth-order valence-electron chi connectivity index (χ4n) is 4.78. The Balaban J connectivity index is 1.19. The predicted molar refractivity (Wildman–Crippen MR) is 148 cm³/mol. The lowest BCUT2D eigenvalue weighted by molar-refractivity contribution is 0.0948. The quantitative estimate of drug-likeness (QED) is 0.341. The van der Waals surface area contributed by atoms with Crippen molar-refractivity contribution in [2.75, 3.05) is 50.8 Å². The molecule has 5 rings (SSSR count). The van der Waals surface area contributed by atoms with Gasteiger partial charge in [-0.25, -0.2) is 4.98 Å². The molecule has 0 saturated carbocycles. The zero-order valence-corrected chi connectivity index (χ0v) is 21.3. The molecule has 0 bridgehead atoms. The number of carbonyl (C=O) groups excluding carboxylic acids is 1. The standard InChI is InChI=1S/C30H33N5O2/c1-2-37-26-10-8-23(9-11-26)28-22-24-6-3-4-7-27(24)29(33-28)30(36)32-14-5-17-34-18-20-35(21-19-34)25-12-15-31-16-13-25/h3-4,6-13,15-16,22H,2,5,14,17-21H2,1H3,(H,32,36). The molecule has 0 radical (unpaired) electrons. The van der Waals surface area contributed by atoms with Crippen LogP contribution in [0.25, 0.3) is 22.0 Å².